The van der Waals surface area contributed by atoms with Gasteiger partial charge in [-0.25, -0.2) is 0 Å². The Morgan fingerprint density at radius 3 is 2.24 bits per heavy atom. The van der Waals surface area contributed by atoms with E-state index in [1.165, 1.54) is 0 Å². The average Bonchev–Trinajstić information content (AvgIpc) is 2.15. The van der Waals surface area contributed by atoms with E-state index in [2.05, 4.69) is 0 Å². The maximum atomic E-state index is 12.6. The number of carbonyl (C=O) groups is 1. The minimum absolute atomic E-state index is 0.230. The first-order valence-electron chi connectivity index (χ1n) is 5.40. The van der Waals surface area contributed by atoms with Crippen molar-refractivity contribution < 1.29 is 26.7 Å². The van der Waals surface area contributed by atoms with E-state index in [9.17, 15) is 26.7 Å². The smallest absolute Gasteiger partial charge is 0.348 e. The van der Waals surface area contributed by atoms with E-state index in [1.54, 1.807) is 5.32 Å². The van der Waals surface area contributed by atoms with Gasteiger partial charge in [0, 0.05) is 6.04 Å². The average molecular weight is 259 g/mol. The SMILES string of the molecule is CC1CCCC(NC(=O)C(F)(F)C(F)(F)F)C1. The van der Waals surface area contributed by atoms with Gasteiger partial charge < -0.3 is 5.32 Å². The van der Waals surface area contributed by atoms with Crippen LogP contribution in [0.5, 0.6) is 0 Å². The van der Waals surface area contributed by atoms with E-state index in [-0.39, 0.29) is 5.92 Å². The van der Waals surface area contributed by atoms with Gasteiger partial charge in [-0.1, -0.05) is 19.8 Å². The molecule has 1 saturated carbocycles. The third-order valence-corrected chi connectivity index (χ3v) is 2.91. The van der Waals surface area contributed by atoms with Gasteiger partial charge in [0.05, 0.1) is 0 Å². The zero-order valence-corrected chi connectivity index (χ0v) is 9.28. The molecule has 17 heavy (non-hydrogen) atoms. The molecule has 1 aliphatic rings. The van der Waals surface area contributed by atoms with E-state index in [4.69, 9.17) is 0 Å². The van der Waals surface area contributed by atoms with Crippen LogP contribution in [0.2, 0.25) is 0 Å². The van der Waals surface area contributed by atoms with E-state index in [0.29, 0.717) is 12.8 Å². The molecule has 0 heterocycles. The topological polar surface area (TPSA) is 29.1 Å². The minimum atomic E-state index is -5.84. The largest absolute Gasteiger partial charge is 0.463 e. The highest BCUT2D eigenvalue weighted by atomic mass is 19.4. The summed E-state index contributed by atoms with van der Waals surface area (Å²) in [6.07, 6.45) is -3.31. The quantitative estimate of drug-likeness (QED) is 0.759. The Labute approximate surface area is 95.6 Å². The maximum Gasteiger partial charge on any atom is 0.463 e. The van der Waals surface area contributed by atoms with Crippen LogP contribution in [0.3, 0.4) is 0 Å². The molecule has 2 nitrogen and oxygen atoms in total. The van der Waals surface area contributed by atoms with Crippen LogP contribution in [-0.4, -0.2) is 24.0 Å². The molecule has 100 valence electrons. The normalized spacial score (nSPS) is 26.7. The van der Waals surface area contributed by atoms with Gasteiger partial charge >= 0.3 is 18.0 Å². The maximum absolute atomic E-state index is 12.6. The second-order valence-corrected chi connectivity index (χ2v) is 4.51. The van der Waals surface area contributed by atoms with Crippen molar-refractivity contribution in [2.24, 2.45) is 5.92 Å². The van der Waals surface area contributed by atoms with Crippen LogP contribution in [0.15, 0.2) is 0 Å². The molecule has 1 fully saturated rings. The highest BCUT2D eigenvalue weighted by molar-refractivity contribution is 5.84. The molecule has 0 spiro atoms. The molecule has 0 radical (unpaired) electrons. The first kappa shape index (κ1) is 14.2. The third-order valence-electron chi connectivity index (χ3n) is 2.91. The summed E-state index contributed by atoms with van der Waals surface area (Å²) in [6.45, 7) is 1.88. The molecular formula is C10H14F5NO. The van der Waals surface area contributed by atoms with Gasteiger partial charge in [0.25, 0.3) is 0 Å². The van der Waals surface area contributed by atoms with Gasteiger partial charge in [-0.05, 0) is 18.8 Å². The van der Waals surface area contributed by atoms with Crippen molar-refractivity contribution in [2.75, 3.05) is 0 Å². The monoisotopic (exact) mass is 259 g/mol. The summed E-state index contributed by atoms with van der Waals surface area (Å²) in [5, 5.41) is 1.79. The second kappa shape index (κ2) is 4.78. The highest BCUT2D eigenvalue weighted by Crippen LogP contribution is 2.36. The van der Waals surface area contributed by atoms with Gasteiger partial charge in [-0.2, -0.15) is 22.0 Å². The number of hydrogen-bond donors (Lipinski definition) is 1. The lowest BCUT2D eigenvalue weighted by atomic mass is 9.87. The Balaban J connectivity index is 2.60. The molecule has 1 aliphatic carbocycles. The number of amides is 1. The molecule has 0 saturated heterocycles. The van der Waals surface area contributed by atoms with E-state index < -0.39 is 24.0 Å². The number of carbonyl (C=O) groups excluding carboxylic acids is 1. The van der Waals surface area contributed by atoms with Crippen LogP contribution in [0.25, 0.3) is 0 Å². The molecule has 7 heteroatoms. The van der Waals surface area contributed by atoms with Gasteiger partial charge in [0.2, 0.25) is 0 Å². The number of alkyl halides is 5. The molecular weight excluding hydrogens is 245 g/mol. The van der Waals surface area contributed by atoms with Crippen LogP contribution in [0, 0.1) is 5.92 Å². The Hall–Kier alpha value is -0.880. The molecule has 0 aromatic heterocycles. The van der Waals surface area contributed by atoms with Crippen LogP contribution in [0.1, 0.15) is 32.6 Å². The van der Waals surface area contributed by atoms with Crippen molar-refractivity contribution in [3.8, 4) is 0 Å². The Morgan fingerprint density at radius 2 is 1.76 bits per heavy atom. The summed E-state index contributed by atoms with van der Waals surface area (Å²) >= 11 is 0. The van der Waals surface area contributed by atoms with Gasteiger partial charge in [0.1, 0.15) is 0 Å². The lowest BCUT2D eigenvalue weighted by Gasteiger charge is -2.29. The van der Waals surface area contributed by atoms with E-state index in [0.717, 1.165) is 12.8 Å². The molecule has 0 aromatic rings. The van der Waals surface area contributed by atoms with Crippen LogP contribution in [0.4, 0.5) is 22.0 Å². The lowest BCUT2D eigenvalue weighted by Crippen LogP contribution is -2.53. The van der Waals surface area contributed by atoms with Gasteiger partial charge in [0.15, 0.2) is 0 Å². The van der Waals surface area contributed by atoms with Crippen LogP contribution >= 0.6 is 0 Å². The highest BCUT2D eigenvalue weighted by Gasteiger charge is 2.63. The number of halogens is 5. The zero-order chi connectivity index (χ0) is 13.3. The molecule has 0 aliphatic heterocycles. The predicted octanol–water partition coefficient (Wildman–Crippen LogP) is 2.88. The van der Waals surface area contributed by atoms with Gasteiger partial charge in [-0.15, -0.1) is 0 Å². The summed E-state index contributed by atoms with van der Waals surface area (Å²) in [5.41, 5.74) is 0. The van der Waals surface area contributed by atoms with Crippen molar-refractivity contribution in [3.63, 3.8) is 0 Å². The van der Waals surface area contributed by atoms with Crippen molar-refractivity contribution in [1.82, 2.24) is 5.32 Å². The molecule has 1 rings (SSSR count). The fourth-order valence-corrected chi connectivity index (χ4v) is 1.97. The summed E-state index contributed by atoms with van der Waals surface area (Å²) in [7, 11) is 0. The lowest BCUT2D eigenvalue weighted by molar-refractivity contribution is -0.270. The molecule has 2 unspecified atom stereocenters. The Morgan fingerprint density at radius 1 is 1.18 bits per heavy atom. The molecule has 0 bridgehead atoms. The number of nitrogens with one attached hydrogen (secondary N) is 1. The Kier molecular flexibility index (Phi) is 3.99. The third kappa shape index (κ3) is 3.29. The summed E-state index contributed by atoms with van der Waals surface area (Å²) in [4.78, 5) is 10.9. The fraction of sp³-hybridized carbons (Fsp3) is 0.900. The van der Waals surface area contributed by atoms with Crippen molar-refractivity contribution >= 4 is 5.91 Å². The first-order valence-corrected chi connectivity index (χ1v) is 5.40. The van der Waals surface area contributed by atoms with Crippen molar-refractivity contribution in [2.45, 2.75) is 50.7 Å². The summed E-state index contributed by atoms with van der Waals surface area (Å²) in [5.74, 6) is -7.33. The molecule has 1 amide bonds. The summed E-state index contributed by atoms with van der Waals surface area (Å²) in [6, 6.07) is -0.584. The second-order valence-electron chi connectivity index (χ2n) is 4.51. The number of hydrogen-bond acceptors (Lipinski definition) is 1. The minimum Gasteiger partial charge on any atom is -0.348 e. The molecule has 2 atom stereocenters. The van der Waals surface area contributed by atoms with Crippen LogP contribution < -0.4 is 5.32 Å². The van der Waals surface area contributed by atoms with Crippen molar-refractivity contribution in [3.05, 3.63) is 0 Å². The van der Waals surface area contributed by atoms with E-state index >= 15 is 0 Å². The Bertz CT molecular complexity index is 289. The van der Waals surface area contributed by atoms with Gasteiger partial charge in [-0.3, -0.25) is 4.79 Å². The first-order chi connectivity index (χ1) is 7.64. The molecule has 1 N–H and O–H groups in total. The molecule has 0 aromatic carbocycles. The zero-order valence-electron chi connectivity index (χ0n) is 9.28. The van der Waals surface area contributed by atoms with E-state index in [1.807, 2.05) is 6.92 Å². The number of rotatable bonds is 2. The fourth-order valence-electron chi connectivity index (χ4n) is 1.97. The standard InChI is InChI=1S/C10H14F5NO/c1-6-3-2-4-7(5-6)16-8(17)9(11,12)10(13,14)15/h6-7H,2-5H2,1H3,(H,16,17). The van der Waals surface area contributed by atoms with Crippen LogP contribution in [-0.2, 0) is 4.79 Å². The summed E-state index contributed by atoms with van der Waals surface area (Å²) < 4.78 is 61.0. The predicted molar refractivity (Wildman–Crippen MR) is 50.6 cm³/mol. The van der Waals surface area contributed by atoms with Crippen molar-refractivity contribution in [1.29, 1.82) is 0 Å².